The third-order valence-electron chi connectivity index (χ3n) is 6.07. The molecule has 2 fully saturated rings. The topological polar surface area (TPSA) is 57.2 Å². The average molecular weight is 446 g/mol. The van der Waals surface area contributed by atoms with Crippen LogP contribution in [-0.4, -0.2) is 50.4 Å². The van der Waals surface area contributed by atoms with Gasteiger partial charge in [-0.1, -0.05) is 18.9 Å². The van der Waals surface area contributed by atoms with E-state index in [-0.39, 0.29) is 18.1 Å². The number of hydrogen-bond acceptors (Lipinski definition) is 6. The second-order valence-electron chi connectivity index (χ2n) is 8.12. The van der Waals surface area contributed by atoms with E-state index in [1.807, 2.05) is 34.5 Å². The summed E-state index contributed by atoms with van der Waals surface area (Å²) >= 11 is 1.49. The lowest BCUT2D eigenvalue weighted by Gasteiger charge is -2.29. The van der Waals surface area contributed by atoms with Crippen molar-refractivity contribution in [1.82, 2.24) is 4.90 Å². The molecule has 6 nitrogen and oxygen atoms in total. The Morgan fingerprint density at radius 3 is 2.45 bits per heavy atom. The largest absolute Gasteiger partial charge is 0.493 e. The van der Waals surface area contributed by atoms with E-state index in [9.17, 15) is 4.79 Å². The zero-order valence-electron chi connectivity index (χ0n) is 18.3. The van der Waals surface area contributed by atoms with Crippen molar-refractivity contribution in [2.45, 2.75) is 57.2 Å². The highest BCUT2D eigenvalue weighted by Crippen LogP contribution is 2.40. The monoisotopic (exact) mass is 445 g/mol. The minimum Gasteiger partial charge on any atom is -0.493 e. The number of ether oxygens (including phenoxy) is 4. The summed E-state index contributed by atoms with van der Waals surface area (Å²) in [5, 5.41) is 1.95. The molecule has 7 heteroatoms. The van der Waals surface area contributed by atoms with E-state index in [0.29, 0.717) is 30.4 Å². The van der Waals surface area contributed by atoms with E-state index in [4.69, 9.17) is 18.9 Å². The first-order valence-electron chi connectivity index (χ1n) is 11.0. The van der Waals surface area contributed by atoms with Crippen LogP contribution < -0.4 is 14.2 Å². The fourth-order valence-electron chi connectivity index (χ4n) is 4.44. The van der Waals surface area contributed by atoms with Gasteiger partial charge in [0, 0.05) is 19.2 Å². The van der Waals surface area contributed by atoms with Crippen molar-refractivity contribution in [3.63, 3.8) is 0 Å². The Morgan fingerprint density at radius 2 is 1.87 bits per heavy atom. The van der Waals surface area contributed by atoms with Crippen molar-refractivity contribution < 1.29 is 23.7 Å². The van der Waals surface area contributed by atoms with Crippen LogP contribution in [0.5, 0.6) is 17.2 Å². The first-order valence-corrected chi connectivity index (χ1v) is 11.9. The normalized spacial score (nSPS) is 18.8. The smallest absolute Gasteiger partial charge is 0.264 e. The van der Waals surface area contributed by atoms with Crippen LogP contribution >= 0.6 is 11.3 Å². The highest BCUT2D eigenvalue weighted by atomic mass is 32.1. The second-order valence-corrected chi connectivity index (χ2v) is 9.07. The second kappa shape index (κ2) is 10.4. The van der Waals surface area contributed by atoms with E-state index >= 15 is 0 Å². The SMILES string of the molecule is COc1cc(CN(C(=O)c2cccs2)C2CCCC2)cc(OC)c1OCC1CCCO1. The highest BCUT2D eigenvalue weighted by Gasteiger charge is 2.29. The molecule has 31 heavy (non-hydrogen) atoms. The molecule has 1 aliphatic carbocycles. The molecule has 168 valence electrons. The number of benzene rings is 1. The van der Waals surface area contributed by atoms with Crippen molar-refractivity contribution in [2.75, 3.05) is 27.4 Å². The molecule has 1 aliphatic heterocycles. The summed E-state index contributed by atoms with van der Waals surface area (Å²) in [6, 6.07) is 8.01. The predicted octanol–water partition coefficient (Wildman–Crippen LogP) is 4.91. The minimum absolute atomic E-state index is 0.0959. The molecular formula is C24H31NO5S. The minimum atomic E-state index is 0.0959. The Kier molecular flexibility index (Phi) is 7.35. The number of rotatable bonds is 9. The van der Waals surface area contributed by atoms with Gasteiger partial charge in [-0.05, 0) is 54.8 Å². The zero-order valence-corrected chi connectivity index (χ0v) is 19.1. The van der Waals surface area contributed by atoms with Crippen molar-refractivity contribution in [1.29, 1.82) is 0 Å². The molecule has 2 heterocycles. The van der Waals surface area contributed by atoms with E-state index in [0.717, 1.165) is 42.7 Å². The maximum absolute atomic E-state index is 13.3. The molecule has 1 saturated carbocycles. The number of carbonyl (C=O) groups excluding carboxylic acids is 1. The van der Waals surface area contributed by atoms with Gasteiger partial charge in [-0.2, -0.15) is 0 Å². The van der Waals surface area contributed by atoms with Gasteiger partial charge in [0.2, 0.25) is 5.75 Å². The summed E-state index contributed by atoms with van der Waals surface area (Å²) in [5.74, 6) is 1.91. The summed E-state index contributed by atoms with van der Waals surface area (Å²) in [7, 11) is 3.26. The van der Waals surface area contributed by atoms with E-state index < -0.39 is 0 Å². The summed E-state index contributed by atoms with van der Waals surface area (Å²) < 4.78 is 23.0. The van der Waals surface area contributed by atoms with Crippen LogP contribution in [0.15, 0.2) is 29.6 Å². The molecule has 0 N–H and O–H groups in total. The summed E-state index contributed by atoms with van der Waals surface area (Å²) in [6.07, 6.45) is 6.61. The Morgan fingerprint density at radius 1 is 1.13 bits per heavy atom. The molecular weight excluding hydrogens is 414 g/mol. The fourth-order valence-corrected chi connectivity index (χ4v) is 5.12. The Hall–Kier alpha value is -2.25. The molecule has 0 spiro atoms. The molecule has 1 unspecified atom stereocenters. The number of hydrogen-bond donors (Lipinski definition) is 0. The number of amides is 1. The van der Waals surface area contributed by atoms with Crippen molar-refractivity contribution in [3.05, 3.63) is 40.1 Å². The van der Waals surface area contributed by atoms with Crippen LogP contribution in [0.3, 0.4) is 0 Å². The number of carbonyl (C=O) groups is 1. The number of nitrogens with zero attached hydrogens (tertiary/aromatic N) is 1. The Bertz CT molecular complexity index is 832. The summed E-state index contributed by atoms with van der Waals surface area (Å²) in [5.41, 5.74) is 0.968. The predicted molar refractivity (Wildman–Crippen MR) is 120 cm³/mol. The highest BCUT2D eigenvalue weighted by molar-refractivity contribution is 7.12. The van der Waals surface area contributed by atoms with Gasteiger partial charge in [0.15, 0.2) is 11.5 Å². The zero-order chi connectivity index (χ0) is 21.6. The molecule has 1 aromatic heterocycles. The molecule has 2 aliphatic rings. The molecule has 1 amide bonds. The molecule has 0 bridgehead atoms. The molecule has 1 atom stereocenters. The first-order chi connectivity index (χ1) is 15.2. The quantitative estimate of drug-likeness (QED) is 0.549. The van der Waals surface area contributed by atoms with Crippen LogP contribution in [-0.2, 0) is 11.3 Å². The van der Waals surface area contributed by atoms with Crippen molar-refractivity contribution >= 4 is 17.2 Å². The van der Waals surface area contributed by atoms with Gasteiger partial charge in [-0.15, -0.1) is 11.3 Å². The van der Waals surface area contributed by atoms with Crippen molar-refractivity contribution in [2.24, 2.45) is 0 Å². The van der Waals surface area contributed by atoms with Gasteiger partial charge in [0.05, 0.1) is 25.2 Å². The van der Waals surface area contributed by atoms with E-state index in [1.165, 1.54) is 24.2 Å². The van der Waals surface area contributed by atoms with Gasteiger partial charge < -0.3 is 23.8 Å². The summed E-state index contributed by atoms with van der Waals surface area (Å²) in [6.45, 7) is 1.77. The lowest BCUT2D eigenvalue weighted by molar-refractivity contribution is 0.0653. The molecule has 0 radical (unpaired) electrons. The number of methoxy groups -OCH3 is 2. The summed E-state index contributed by atoms with van der Waals surface area (Å²) in [4.78, 5) is 16.1. The molecule has 1 aromatic carbocycles. The van der Waals surface area contributed by atoms with Crippen LogP contribution in [0.2, 0.25) is 0 Å². The van der Waals surface area contributed by atoms with Crippen LogP contribution in [0.25, 0.3) is 0 Å². The number of thiophene rings is 1. The van der Waals surface area contributed by atoms with Gasteiger partial charge in [-0.25, -0.2) is 0 Å². The lowest BCUT2D eigenvalue weighted by Crippen LogP contribution is -2.38. The Balaban J connectivity index is 1.57. The standard InChI is InChI=1S/C24H31NO5S/c1-27-20-13-17(14-21(28-2)23(20)30-16-19-9-5-11-29-19)15-25(18-7-3-4-8-18)24(26)22-10-6-12-31-22/h6,10,12-14,18-19H,3-5,7-9,11,15-16H2,1-2H3. The third-order valence-corrected chi connectivity index (χ3v) is 6.93. The third kappa shape index (κ3) is 5.15. The van der Waals surface area contributed by atoms with Crippen LogP contribution in [0.4, 0.5) is 0 Å². The lowest BCUT2D eigenvalue weighted by atomic mass is 10.1. The van der Waals surface area contributed by atoms with Gasteiger partial charge in [0.1, 0.15) is 6.61 Å². The average Bonchev–Trinajstić information content (AvgIpc) is 3.58. The van der Waals surface area contributed by atoms with Gasteiger partial charge >= 0.3 is 0 Å². The van der Waals surface area contributed by atoms with Crippen LogP contribution in [0.1, 0.15) is 53.8 Å². The van der Waals surface area contributed by atoms with Gasteiger partial charge in [-0.3, -0.25) is 4.79 Å². The molecule has 4 rings (SSSR count). The van der Waals surface area contributed by atoms with Crippen molar-refractivity contribution in [3.8, 4) is 17.2 Å². The molecule has 2 aromatic rings. The van der Waals surface area contributed by atoms with Gasteiger partial charge in [0.25, 0.3) is 5.91 Å². The van der Waals surface area contributed by atoms with E-state index in [1.54, 1.807) is 14.2 Å². The maximum atomic E-state index is 13.3. The fraction of sp³-hybridized carbons (Fsp3) is 0.542. The van der Waals surface area contributed by atoms with E-state index in [2.05, 4.69) is 0 Å². The molecule has 1 saturated heterocycles. The van der Waals surface area contributed by atoms with Crippen LogP contribution in [0, 0.1) is 0 Å². The Labute approximate surface area is 188 Å². The maximum Gasteiger partial charge on any atom is 0.264 e. The first kappa shape index (κ1) is 22.0.